The van der Waals surface area contributed by atoms with E-state index in [0.717, 1.165) is 23.3 Å². The van der Waals surface area contributed by atoms with Crippen LogP contribution in [0.15, 0.2) is 47.6 Å². The highest BCUT2D eigenvalue weighted by Gasteiger charge is 2.26. The Balaban J connectivity index is 2.05. The van der Waals surface area contributed by atoms with Crippen molar-refractivity contribution in [1.82, 2.24) is 0 Å². The molecule has 0 aromatic heterocycles. The summed E-state index contributed by atoms with van der Waals surface area (Å²) in [6.07, 6.45) is 0.741. The van der Waals surface area contributed by atoms with Crippen molar-refractivity contribution in [3.05, 3.63) is 64.0 Å². The lowest BCUT2D eigenvalue weighted by Gasteiger charge is -2.14. The Labute approximate surface area is 130 Å². The summed E-state index contributed by atoms with van der Waals surface area (Å²) in [4.78, 5) is 2.83. The van der Waals surface area contributed by atoms with Crippen LogP contribution in [-0.2, 0) is 6.42 Å². The van der Waals surface area contributed by atoms with E-state index in [1.807, 2.05) is 18.2 Å². The molecule has 4 heteroatoms. The van der Waals surface area contributed by atoms with E-state index in [1.54, 1.807) is 0 Å². The first kappa shape index (κ1) is 14.5. The summed E-state index contributed by atoms with van der Waals surface area (Å²) in [5.41, 5.74) is 13.3. The van der Waals surface area contributed by atoms with Gasteiger partial charge in [0.1, 0.15) is 11.9 Å². The highest BCUT2D eigenvalue weighted by Crippen LogP contribution is 2.41. The molecule has 1 heterocycles. The normalized spacial score (nSPS) is 16.0. The van der Waals surface area contributed by atoms with Crippen molar-refractivity contribution in [3.63, 3.8) is 0 Å². The fraction of sp³-hybridized carbons (Fsp3) is 0.333. The molecule has 0 spiro atoms. The second-order valence-electron chi connectivity index (χ2n) is 5.93. The van der Waals surface area contributed by atoms with E-state index in [1.165, 1.54) is 11.1 Å². The Morgan fingerprint density at radius 3 is 2.73 bits per heavy atom. The fourth-order valence-electron chi connectivity index (χ4n) is 2.85. The molecule has 0 saturated carbocycles. The van der Waals surface area contributed by atoms with Crippen LogP contribution in [0.5, 0.6) is 5.75 Å². The molecule has 0 radical (unpaired) electrons. The van der Waals surface area contributed by atoms with E-state index >= 15 is 0 Å². The lowest BCUT2D eigenvalue weighted by molar-refractivity contribution is 0.242. The molecule has 1 unspecified atom stereocenters. The second-order valence-corrected chi connectivity index (χ2v) is 5.93. The third-order valence-corrected chi connectivity index (χ3v) is 4.02. The zero-order valence-corrected chi connectivity index (χ0v) is 12.9. The Morgan fingerprint density at radius 2 is 2.05 bits per heavy atom. The molecule has 0 fully saturated rings. The van der Waals surface area contributed by atoms with Gasteiger partial charge in [-0.05, 0) is 34.2 Å². The maximum absolute atomic E-state index is 8.50. The number of benzene rings is 2. The minimum Gasteiger partial charge on any atom is -0.489 e. The van der Waals surface area contributed by atoms with Gasteiger partial charge in [-0.15, -0.1) is 0 Å². The fourth-order valence-corrected chi connectivity index (χ4v) is 2.85. The van der Waals surface area contributed by atoms with Crippen molar-refractivity contribution >= 4 is 0 Å². The van der Waals surface area contributed by atoms with Gasteiger partial charge in [0.2, 0.25) is 0 Å². The number of rotatable bonds is 4. The number of hydrogen-bond donors (Lipinski definition) is 0. The molecule has 1 aliphatic heterocycles. The van der Waals surface area contributed by atoms with Crippen LogP contribution in [0.1, 0.15) is 30.9 Å². The first-order valence-electron chi connectivity index (χ1n) is 7.58. The van der Waals surface area contributed by atoms with Crippen LogP contribution >= 0.6 is 0 Å². The molecule has 2 aromatic rings. The van der Waals surface area contributed by atoms with Gasteiger partial charge in [-0.2, -0.15) is 0 Å². The highest BCUT2D eigenvalue weighted by molar-refractivity contribution is 5.74. The zero-order valence-electron chi connectivity index (χ0n) is 12.9. The van der Waals surface area contributed by atoms with Gasteiger partial charge in [0, 0.05) is 16.9 Å². The van der Waals surface area contributed by atoms with Crippen molar-refractivity contribution in [1.29, 1.82) is 0 Å². The molecule has 0 bridgehead atoms. The van der Waals surface area contributed by atoms with Crippen molar-refractivity contribution in [3.8, 4) is 16.9 Å². The lowest BCUT2D eigenvalue weighted by Crippen LogP contribution is -2.16. The monoisotopic (exact) mass is 293 g/mol. The van der Waals surface area contributed by atoms with Crippen LogP contribution in [0.3, 0.4) is 0 Å². The van der Waals surface area contributed by atoms with Gasteiger partial charge in [-0.1, -0.05) is 55.4 Å². The van der Waals surface area contributed by atoms with E-state index in [-0.39, 0.29) is 6.10 Å². The minimum absolute atomic E-state index is 0.0595. The molecular weight excluding hydrogens is 274 g/mol. The van der Waals surface area contributed by atoms with Gasteiger partial charge in [-0.25, -0.2) is 0 Å². The summed E-state index contributed by atoms with van der Waals surface area (Å²) in [5, 5.41) is 3.65. The summed E-state index contributed by atoms with van der Waals surface area (Å²) < 4.78 is 6.06. The third kappa shape index (κ3) is 2.78. The molecule has 22 heavy (non-hydrogen) atoms. The average molecular weight is 293 g/mol. The van der Waals surface area contributed by atoms with Crippen LogP contribution in [0, 0.1) is 0 Å². The Kier molecular flexibility index (Phi) is 4.03. The van der Waals surface area contributed by atoms with Crippen molar-refractivity contribution in [2.45, 2.75) is 32.3 Å². The molecule has 0 saturated heterocycles. The highest BCUT2D eigenvalue weighted by atomic mass is 16.5. The predicted octanol–water partition coefficient (Wildman–Crippen LogP) is 5.09. The van der Waals surface area contributed by atoms with Crippen LogP contribution in [0.25, 0.3) is 21.6 Å². The maximum Gasteiger partial charge on any atom is 0.130 e. The van der Waals surface area contributed by atoms with Crippen LogP contribution in [0.4, 0.5) is 0 Å². The summed E-state index contributed by atoms with van der Waals surface area (Å²) >= 11 is 0. The van der Waals surface area contributed by atoms with Crippen LogP contribution in [0.2, 0.25) is 0 Å². The summed E-state index contributed by atoms with van der Waals surface area (Å²) in [7, 11) is 0. The SMILES string of the molecule is CC(C)c1cc2c(c(-c3ccccc3)c1)OC(CN=[N+]=[N-])C2. The first-order chi connectivity index (χ1) is 10.7. The molecule has 0 amide bonds. The molecule has 3 rings (SSSR count). The molecular formula is C18H19N3O. The van der Waals surface area contributed by atoms with Crippen LogP contribution in [-0.4, -0.2) is 12.6 Å². The number of azide groups is 1. The molecule has 0 N–H and O–H groups in total. The van der Waals surface area contributed by atoms with E-state index < -0.39 is 0 Å². The van der Waals surface area contributed by atoms with Gasteiger partial charge in [0.25, 0.3) is 0 Å². The van der Waals surface area contributed by atoms with Gasteiger partial charge in [0.15, 0.2) is 0 Å². The molecule has 2 aromatic carbocycles. The lowest BCUT2D eigenvalue weighted by atomic mass is 9.93. The van der Waals surface area contributed by atoms with Gasteiger partial charge >= 0.3 is 0 Å². The molecule has 112 valence electrons. The quantitative estimate of drug-likeness (QED) is 0.440. The topological polar surface area (TPSA) is 58.0 Å². The van der Waals surface area contributed by atoms with Gasteiger partial charge < -0.3 is 4.74 Å². The van der Waals surface area contributed by atoms with Crippen LogP contribution < -0.4 is 4.74 Å². The Bertz CT molecular complexity index is 719. The maximum atomic E-state index is 8.50. The number of fused-ring (bicyclic) bond motifs is 1. The van der Waals surface area contributed by atoms with E-state index in [2.05, 4.69) is 48.1 Å². The van der Waals surface area contributed by atoms with Gasteiger partial charge in [-0.3, -0.25) is 0 Å². The predicted molar refractivity (Wildman–Crippen MR) is 88.1 cm³/mol. The average Bonchev–Trinajstić information content (AvgIpc) is 2.95. The standard InChI is InChI=1S/C18H19N3O/c1-12(2)14-8-15-9-16(11-20-21-19)22-18(15)17(10-14)13-6-4-3-5-7-13/h3-8,10,12,16H,9,11H2,1-2H3. The van der Waals surface area contributed by atoms with Crippen molar-refractivity contribution in [2.24, 2.45) is 5.11 Å². The first-order valence-corrected chi connectivity index (χ1v) is 7.58. The molecule has 0 aliphatic carbocycles. The number of ether oxygens (including phenoxy) is 1. The second kappa shape index (κ2) is 6.12. The smallest absolute Gasteiger partial charge is 0.130 e. The largest absolute Gasteiger partial charge is 0.489 e. The third-order valence-electron chi connectivity index (χ3n) is 4.02. The van der Waals surface area contributed by atoms with Crippen molar-refractivity contribution < 1.29 is 4.74 Å². The molecule has 4 nitrogen and oxygen atoms in total. The summed E-state index contributed by atoms with van der Waals surface area (Å²) in [6, 6.07) is 14.7. The van der Waals surface area contributed by atoms with E-state index in [4.69, 9.17) is 10.3 Å². The Hall–Kier alpha value is -2.45. The minimum atomic E-state index is -0.0595. The summed E-state index contributed by atoms with van der Waals surface area (Å²) in [6.45, 7) is 4.77. The van der Waals surface area contributed by atoms with Gasteiger partial charge in [0.05, 0.1) is 6.54 Å². The summed E-state index contributed by atoms with van der Waals surface area (Å²) in [5.74, 6) is 1.40. The molecule has 1 atom stereocenters. The Morgan fingerprint density at radius 1 is 1.27 bits per heavy atom. The zero-order chi connectivity index (χ0) is 15.5. The number of nitrogens with zero attached hydrogens (tertiary/aromatic N) is 3. The number of hydrogen-bond acceptors (Lipinski definition) is 2. The van der Waals surface area contributed by atoms with E-state index in [0.29, 0.717) is 12.5 Å². The van der Waals surface area contributed by atoms with Crippen molar-refractivity contribution in [2.75, 3.05) is 6.54 Å². The van der Waals surface area contributed by atoms with E-state index in [9.17, 15) is 0 Å². The molecule has 1 aliphatic rings.